The van der Waals surface area contributed by atoms with Crippen LogP contribution < -0.4 is 5.11 Å². The second-order valence-electron chi connectivity index (χ2n) is 28.9. The third-order valence-electron chi connectivity index (χ3n) is 20.9. The average Bonchev–Trinajstić information content (AvgIpc) is 1.11. The molecule has 2 aliphatic heterocycles. The number of carbonyl (C=O) groups is 6. The summed E-state index contributed by atoms with van der Waals surface area (Å²) in [4.78, 5) is 71.9. The molecule has 23 atom stereocenters. The minimum atomic E-state index is -1.32. The normalized spacial score (nSPS) is 35.2. The fourth-order valence-corrected chi connectivity index (χ4v) is 14.9. The summed E-state index contributed by atoms with van der Waals surface area (Å²) < 4.78 is 29.1. The van der Waals surface area contributed by atoms with Crippen LogP contribution >= 0.6 is 0 Å². The van der Waals surface area contributed by atoms with Crippen LogP contribution in [0.1, 0.15) is 206 Å². The first-order valence-electron chi connectivity index (χ1n) is 34.1. The SMILES string of the molecule is CCC(C)(C)C(=O)O[C@H]1C[C@@H](C)C=C2C=C[C@H](C)[C@H](CCC3C[C@@H](O)CC(=O)O3)[C@H]21.CC[C@H](C)C(=O)O[C@H]1C[C@@H](C)C=C2C=C[C@H](C)[C@H](CCC(O)C[C@@H](O)CC(=O)[O-])[C@H]21.CC[C@H](C)C(=O)O[C@H]1C[C@@H](C)C=C2C=C[C@H](C)[C@H](CCC3C[C@@H](O)CC(=O)O3)[C@H]21. The number of fused-ring (bicyclic) bond motifs is 3. The lowest BCUT2D eigenvalue weighted by Crippen LogP contribution is -2.43. The zero-order chi connectivity index (χ0) is 65.6. The molecule has 0 spiro atoms. The van der Waals surface area contributed by atoms with Gasteiger partial charge < -0.3 is 54.0 Å². The van der Waals surface area contributed by atoms with Crippen LogP contribution in [-0.2, 0) is 52.5 Å². The van der Waals surface area contributed by atoms with E-state index in [4.69, 9.17) is 23.7 Å². The van der Waals surface area contributed by atoms with Gasteiger partial charge in [0.2, 0.25) is 0 Å². The maximum Gasteiger partial charge on any atom is 0.311 e. The van der Waals surface area contributed by atoms with Crippen molar-refractivity contribution in [2.24, 2.45) is 88.3 Å². The molecule has 0 radical (unpaired) electrons. The quantitative estimate of drug-likeness (QED) is 0.0581. The molecule has 16 heteroatoms. The molecule has 89 heavy (non-hydrogen) atoms. The first-order chi connectivity index (χ1) is 42.0. The molecule has 0 aromatic carbocycles. The summed E-state index contributed by atoms with van der Waals surface area (Å²) >= 11 is 0. The molecule has 0 saturated carbocycles. The van der Waals surface area contributed by atoms with E-state index in [-0.39, 0.29) is 121 Å². The Hall–Kier alpha value is -4.90. The third-order valence-corrected chi connectivity index (χ3v) is 20.9. The van der Waals surface area contributed by atoms with Crippen LogP contribution in [0.5, 0.6) is 0 Å². The zero-order valence-electron chi connectivity index (χ0n) is 55.9. The van der Waals surface area contributed by atoms with E-state index in [0.29, 0.717) is 67.1 Å². The molecule has 2 fully saturated rings. The van der Waals surface area contributed by atoms with Gasteiger partial charge in [0.05, 0.1) is 54.5 Å². The smallest absolute Gasteiger partial charge is 0.311 e. The Labute approximate surface area is 531 Å². The molecule has 0 amide bonds. The number of aliphatic hydroxyl groups is 4. The minimum Gasteiger partial charge on any atom is -0.550 e. The van der Waals surface area contributed by atoms with Gasteiger partial charge in [0.15, 0.2) is 0 Å². The van der Waals surface area contributed by atoms with E-state index < -0.39 is 42.2 Å². The average molecular weight is 1240 g/mol. The molecule has 0 bridgehead atoms. The van der Waals surface area contributed by atoms with Crippen LogP contribution in [0.2, 0.25) is 0 Å². The van der Waals surface area contributed by atoms with Gasteiger partial charge in [-0.25, -0.2) is 0 Å². The van der Waals surface area contributed by atoms with Crippen molar-refractivity contribution in [1.29, 1.82) is 0 Å². The topological polar surface area (TPSA) is 253 Å². The molecule has 6 aliphatic carbocycles. The lowest BCUT2D eigenvalue weighted by Gasteiger charge is -2.44. The number of hydrogen-bond donors (Lipinski definition) is 4. The van der Waals surface area contributed by atoms with E-state index in [2.05, 4.69) is 96.2 Å². The summed E-state index contributed by atoms with van der Waals surface area (Å²) in [5, 5.41) is 50.5. The van der Waals surface area contributed by atoms with Crippen molar-refractivity contribution < 1.29 is 78.0 Å². The molecule has 8 rings (SSSR count). The molecule has 4 N–H and O–H groups in total. The summed E-state index contributed by atoms with van der Waals surface area (Å²) in [7, 11) is 0. The Kier molecular flexibility index (Phi) is 27.6. The number of allylic oxidation sites excluding steroid dienone is 9. The van der Waals surface area contributed by atoms with Gasteiger partial charge in [-0.3, -0.25) is 24.0 Å². The monoisotopic (exact) mass is 1240 g/mol. The van der Waals surface area contributed by atoms with Crippen molar-refractivity contribution in [1.82, 2.24) is 0 Å². The second-order valence-corrected chi connectivity index (χ2v) is 28.9. The predicted octanol–water partition coefficient (Wildman–Crippen LogP) is 11.2. The summed E-state index contributed by atoms with van der Waals surface area (Å²) in [6.45, 7) is 26.8. The fourth-order valence-electron chi connectivity index (χ4n) is 14.9. The van der Waals surface area contributed by atoms with E-state index in [1.54, 1.807) is 0 Å². The van der Waals surface area contributed by atoms with Crippen molar-refractivity contribution in [3.05, 3.63) is 71.4 Å². The molecule has 3 unspecified atom stereocenters. The molecule has 0 aromatic rings. The van der Waals surface area contributed by atoms with Crippen molar-refractivity contribution in [2.45, 2.75) is 261 Å². The van der Waals surface area contributed by atoms with E-state index in [1.165, 1.54) is 16.7 Å². The number of carboxylic acid groups (broad SMARTS) is 1. The van der Waals surface area contributed by atoms with Crippen LogP contribution in [0, 0.1) is 88.3 Å². The number of esters is 5. The Morgan fingerprint density at radius 3 is 1.29 bits per heavy atom. The van der Waals surface area contributed by atoms with Crippen molar-refractivity contribution in [3.63, 3.8) is 0 Å². The number of aliphatic hydroxyl groups excluding tert-OH is 4. The maximum absolute atomic E-state index is 12.9. The Morgan fingerprint density at radius 1 is 0.573 bits per heavy atom. The van der Waals surface area contributed by atoms with Crippen molar-refractivity contribution in [2.75, 3.05) is 0 Å². The molecule has 16 nitrogen and oxygen atoms in total. The Bertz CT molecular complexity index is 2570. The second kappa shape index (κ2) is 33.6. The number of cyclic esters (lactones) is 2. The number of rotatable bonds is 22. The summed E-state index contributed by atoms with van der Waals surface area (Å²) in [6.07, 6.45) is 26.1. The Morgan fingerprint density at radius 2 is 0.944 bits per heavy atom. The minimum absolute atomic E-state index is 0.0156. The van der Waals surface area contributed by atoms with Crippen LogP contribution in [0.3, 0.4) is 0 Å². The van der Waals surface area contributed by atoms with Crippen LogP contribution in [0.15, 0.2) is 71.4 Å². The van der Waals surface area contributed by atoms with Crippen LogP contribution in [0.4, 0.5) is 0 Å². The van der Waals surface area contributed by atoms with Gasteiger partial charge in [-0.15, -0.1) is 0 Å². The van der Waals surface area contributed by atoms with Gasteiger partial charge in [-0.2, -0.15) is 0 Å². The van der Waals surface area contributed by atoms with Gasteiger partial charge in [0.1, 0.15) is 30.5 Å². The maximum atomic E-state index is 12.9. The van der Waals surface area contributed by atoms with Gasteiger partial charge in [0.25, 0.3) is 0 Å². The number of hydrogen-bond acceptors (Lipinski definition) is 16. The first kappa shape index (κ1) is 73.2. The highest BCUT2D eigenvalue weighted by molar-refractivity contribution is 5.76. The van der Waals surface area contributed by atoms with Crippen molar-refractivity contribution in [3.8, 4) is 0 Å². The molecule has 8 aliphatic rings. The predicted molar refractivity (Wildman–Crippen MR) is 338 cm³/mol. The van der Waals surface area contributed by atoms with Gasteiger partial charge in [-0.1, -0.05) is 131 Å². The summed E-state index contributed by atoms with van der Waals surface area (Å²) in [6, 6.07) is 0. The van der Waals surface area contributed by atoms with E-state index >= 15 is 0 Å². The molecule has 2 saturated heterocycles. The van der Waals surface area contributed by atoms with Gasteiger partial charge in [0, 0.05) is 43.0 Å². The summed E-state index contributed by atoms with van der Waals surface area (Å²) in [5.41, 5.74) is 3.26. The highest BCUT2D eigenvalue weighted by Crippen LogP contribution is 2.49. The lowest BCUT2D eigenvalue weighted by atomic mass is 9.65. The largest absolute Gasteiger partial charge is 0.550 e. The van der Waals surface area contributed by atoms with Crippen LogP contribution in [0.25, 0.3) is 0 Å². The molecular weight excluding hydrogens is 1130 g/mol. The highest BCUT2D eigenvalue weighted by Gasteiger charge is 2.46. The van der Waals surface area contributed by atoms with E-state index in [9.17, 15) is 54.3 Å². The fraction of sp³-hybridized carbons (Fsp3) is 0.753. The van der Waals surface area contributed by atoms with Gasteiger partial charge >= 0.3 is 29.8 Å². The number of carboxylic acids is 1. The number of ether oxygens (including phenoxy) is 5. The number of carbonyl (C=O) groups excluding carboxylic acids is 6. The third kappa shape index (κ3) is 20.8. The van der Waals surface area contributed by atoms with Crippen LogP contribution in [-0.4, -0.2) is 111 Å². The zero-order valence-corrected chi connectivity index (χ0v) is 55.9. The first-order valence-corrected chi connectivity index (χ1v) is 34.1. The van der Waals surface area contributed by atoms with Gasteiger partial charge in [-0.05, 0) is 167 Å². The molecular formula is C73H111O16-. The van der Waals surface area contributed by atoms with Crippen molar-refractivity contribution >= 4 is 35.8 Å². The highest BCUT2D eigenvalue weighted by atomic mass is 16.6. The van der Waals surface area contributed by atoms with E-state index in [0.717, 1.165) is 64.2 Å². The summed E-state index contributed by atoms with van der Waals surface area (Å²) in [5.74, 6) is 0.826. The van der Waals surface area contributed by atoms with E-state index in [1.807, 2.05) is 48.5 Å². The molecule has 0 aromatic heterocycles. The lowest BCUT2D eigenvalue weighted by molar-refractivity contribution is -0.307. The standard InChI is InChI=1S/C25H38O5.C24H38O6.C24H36O5/c1-6-25(4,5)24(28)30-21-12-15(2)11-17-8-7-16(3)20(23(17)21)10-9-19-13-18(26)14-22(27)29-19;1-5-15(3)24(29)30-21-11-14(2)10-17-7-6-16(4)20(23(17)21)9-8-18(25)12-19(26)13-22(27)28;1-5-15(3)24(27)29-21-11-14(2)10-17-7-6-16(4)20(23(17)21)9-8-19-12-18(25)13-22(26)28-19/h7-8,11,15-16,18-21,23,26H,6,9-10,12-14H2,1-5H3;6-7,10,14-16,18-21,23,25-26H,5,8-9,11-13H2,1-4H3,(H,27,28);6-7,10,14-16,18-21,23,25H,5,8-9,11-13H2,1-4H3/p-1/t15-,16-,18+,19?,20-,21-,23-;14-,15-,16-,18?,19+,20-,21-,23-;14-,15-,16-,18+,19?,20-,21-,23-/m000/s1. The number of aliphatic carboxylic acids is 1. The Balaban J connectivity index is 0.000000213. The molecule has 500 valence electrons. The molecule has 2 heterocycles.